The maximum absolute atomic E-state index is 11.9. The Morgan fingerprint density at radius 3 is 2.67 bits per heavy atom. The summed E-state index contributed by atoms with van der Waals surface area (Å²) >= 11 is 0. The number of carbonyl (C=O) groups excluding carboxylic acids is 2. The molecule has 114 valence electrons. The van der Waals surface area contributed by atoms with Crippen molar-refractivity contribution in [1.29, 1.82) is 0 Å². The van der Waals surface area contributed by atoms with Crippen LogP contribution in [0.3, 0.4) is 0 Å². The highest BCUT2D eigenvalue weighted by Crippen LogP contribution is 2.10. The summed E-state index contributed by atoms with van der Waals surface area (Å²) in [6.45, 7) is 3.10. The van der Waals surface area contributed by atoms with Crippen molar-refractivity contribution >= 4 is 23.5 Å². The van der Waals surface area contributed by atoms with Gasteiger partial charge in [0.05, 0.1) is 6.61 Å². The Kier molecular flexibility index (Phi) is 6.35. The molecule has 21 heavy (non-hydrogen) atoms. The monoisotopic (exact) mass is 294 g/mol. The Balaban J connectivity index is 2.45. The second-order valence-electron chi connectivity index (χ2n) is 4.37. The van der Waals surface area contributed by atoms with E-state index in [-0.39, 0.29) is 25.0 Å². The predicted octanol–water partition coefficient (Wildman–Crippen LogP) is 0.864. The second-order valence-corrected chi connectivity index (χ2v) is 4.37. The number of benzene rings is 1. The van der Waals surface area contributed by atoms with Crippen LogP contribution >= 0.6 is 0 Å². The molecule has 3 N–H and O–H groups in total. The maximum Gasteiger partial charge on any atom is 0.332 e. The zero-order valence-corrected chi connectivity index (χ0v) is 11.9. The molecule has 1 rings (SSSR count). The Morgan fingerprint density at radius 1 is 1.33 bits per heavy atom. The molecule has 0 saturated heterocycles. The van der Waals surface area contributed by atoms with E-state index in [1.807, 2.05) is 0 Å². The fourth-order valence-corrected chi connectivity index (χ4v) is 1.52. The van der Waals surface area contributed by atoms with Crippen LogP contribution in [0.4, 0.5) is 5.69 Å². The lowest BCUT2D eigenvalue weighted by molar-refractivity contribution is -0.148. The molecule has 7 nitrogen and oxygen atoms in total. The van der Waals surface area contributed by atoms with Gasteiger partial charge in [0, 0.05) is 24.7 Å². The molecule has 1 aromatic carbocycles. The Labute approximate surface area is 122 Å². The van der Waals surface area contributed by atoms with E-state index in [2.05, 4.69) is 10.6 Å². The van der Waals surface area contributed by atoms with Gasteiger partial charge in [-0.2, -0.15) is 0 Å². The molecule has 1 aromatic rings. The first kappa shape index (κ1) is 16.6. The van der Waals surface area contributed by atoms with Gasteiger partial charge < -0.3 is 20.5 Å². The Morgan fingerprint density at radius 2 is 2.05 bits per heavy atom. The van der Waals surface area contributed by atoms with Crippen LogP contribution in [0.15, 0.2) is 24.3 Å². The molecule has 0 heterocycles. The number of hydrogen-bond donors (Lipinski definition) is 3. The van der Waals surface area contributed by atoms with Crippen molar-refractivity contribution in [3.05, 3.63) is 29.8 Å². The van der Waals surface area contributed by atoms with Gasteiger partial charge in [-0.25, -0.2) is 4.79 Å². The molecule has 0 saturated carbocycles. The van der Waals surface area contributed by atoms with Crippen molar-refractivity contribution in [3.8, 4) is 0 Å². The number of carboxylic acids is 1. The van der Waals surface area contributed by atoms with Crippen LogP contribution in [0.2, 0.25) is 0 Å². The van der Waals surface area contributed by atoms with Crippen molar-refractivity contribution in [2.75, 3.05) is 18.5 Å². The molecule has 1 unspecified atom stereocenters. The Hall–Kier alpha value is -2.41. The van der Waals surface area contributed by atoms with E-state index in [4.69, 9.17) is 9.84 Å². The maximum atomic E-state index is 11.9. The van der Waals surface area contributed by atoms with E-state index in [1.165, 1.54) is 13.8 Å². The summed E-state index contributed by atoms with van der Waals surface area (Å²) in [5.74, 6) is -1.60. The zero-order chi connectivity index (χ0) is 15.8. The van der Waals surface area contributed by atoms with Crippen LogP contribution in [0.5, 0.6) is 0 Å². The highest BCUT2D eigenvalue weighted by Gasteiger charge is 2.11. The average Bonchev–Trinajstić information content (AvgIpc) is 2.42. The lowest BCUT2D eigenvalue weighted by atomic mass is 10.2. The first-order chi connectivity index (χ1) is 9.90. The molecule has 0 fully saturated rings. The molecular weight excluding hydrogens is 276 g/mol. The highest BCUT2D eigenvalue weighted by molar-refractivity contribution is 5.96. The SMILES string of the molecule is CC(=O)Nc1cccc(C(=O)NCCOC(C)C(=O)O)c1. The number of hydrogen-bond acceptors (Lipinski definition) is 4. The van der Waals surface area contributed by atoms with Gasteiger partial charge in [0.2, 0.25) is 5.91 Å². The molecule has 7 heteroatoms. The quantitative estimate of drug-likeness (QED) is 0.647. The number of anilines is 1. The van der Waals surface area contributed by atoms with E-state index < -0.39 is 12.1 Å². The van der Waals surface area contributed by atoms with Gasteiger partial charge in [0.25, 0.3) is 5.91 Å². The predicted molar refractivity (Wildman–Crippen MR) is 76.1 cm³/mol. The lowest BCUT2D eigenvalue weighted by Gasteiger charge is -2.10. The van der Waals surface area contributed by atoms with Crippen LogP contribution < -0.4 is 10.6 Å². The van der Waals surface area contributed by atoms with E-state index >= 15 is 0 Å². The van der Waals surface area contributed by atoms with Crippen LogP contribution in [0.25, 0.3) is 0 Å². The minimum Gasteiger partial charge on any atom is -0.479 e. The minimum atomic E-state index is -1.05. The third-order valence-corrected chi connectivity index (χ3v) is 2.55. The van der Waals surface area contributed by atoms with E-state index in [1.54, 1.807) is 24.3 Å². The molecule has 0 aliphatic carbocycles. The average molecular weight is 294 g/mol. The van der Waals surface area contributed by atoms with Crippen LogP contribution in [0.1, 0.15) is 24.2 Å². The molecule has 0 spiro atoms. The molecule has 0 bridgehead atoms. The standard InChI is InChI=1S/C14H18N2O5/c1-9(14(19)20)21-7-6-15-13(18)11-4-3-5-12(8-11)16-10(2)17/h3-5,8-9H,6-7H2,1-2H3,(H,15,18)(H,16,17)(H,19,20). The lowest BCUT2D eigenvalue weighted by Crippen LogP contribution is -2.30. The number of carboxylic acid groups (broad SMARTS) is 1. The number of aliphatic carboxylic acids is 1. The van der Waals surface area contributed by atoms with E-state index in [0.29, 0.717) is 11.3 Å². The summed E-state index contributed by atoms with van der Waals surface area (Å²) < 4.78 is 4.99. The molecule has 0 radical (unpaired) electrons. The molecule has 0 aliphatic heterocycles. The van der Waals surface area contributed by atoms with Gasteiger partial charge in [-0.1, -0.05) is 6.07 Å². The smallest absolute Gasteiger partial charge is 0.332 e. The fraction of sp³-hybridized carbons (Fsp3) is 0.357. The van der Waals surface area contributed by atoms with Gasteiger partial charge in [-0.3, -0.25) is 9.59 Å². The largest absolute Gasteiger partial charge is 0.479 e. The van der Waals surface area contributed by atoms with Gasteiger partial charge in [0.1, 0.15) is 0 Å². The van der Waals surface area contributed by atoms with Crippen molar-refractivity contribution in [3.63, 3.8) is 0 Å². The zero-order valence-electron chi connectivity index (χ0n) is 11.9. The van der Waals surface area contributed by atoms with E-state index in [9.17, 15) is 14.4 Å². The number of ether oxygens (including phenoxy) is 1. The molecule has 0 aliphatic rings. The van der Waals surface area contributed by atoms with Gasteiger partial charge >= 0.3 is 5.97 Å². The number of nitrogens with one attached hydrogen (secondary N) is 2. The van der Waals surface area contributed by atoms with Crippen molar-refractivity contribution in [2.45, 2.75) is 20.0 Å². The third kappa shape index (κ3) is 6.05. The van der Waals surface area contributed by atoms with Crippen molar-refractivity contribution in [1.82, 2.24) is 5.32 Å². The Bertz CT molecular complexity index is 530. The van der Waals surface area contributed by atoms with Crippen molar-refractivity contribution < 1.29 is 24.2 Å². The minimum absolute atomic E-state index is 0.102. The number of amides is 2. The van der Waals surface area contributed by atoms with Gasteiger partial charge in [-0.15, -0.1) is 0 Å². The summed E-state index contributed by atoms with van der Waals surface area (Å²) in [5, 5.41) is 13.8. The van der Waals surface area contributed by atoms with Gasteiger partial charge in [0.15, 0.2) is 6.10 Å². The van der Waals surface area contributed by atoms with Crippen LogP contribution in [-0.4, -0.2) is 42.1 Å². The number of rotatable bonds is 7. The summed E-state index contributed by atoms with van der Waals surface area (Å²) in [5.41, 5.74) is 0.929. The molecular formula is C14H18N2O5. The van der Waals surface area contributed by atoms with Crippen molar-refractivity contribution in [2.24, 2.45) is 0 Å². The first-order valence-corrected chi connectivity index (χ1v) is 6.40. The molecule has 0 aromatic heterocycles. The second kappa shape index (κ2) is 8.01. The van der Waals surface area contributed by atoms with Gasteiger partial charge in [-0.05, 0) is 25.1 Å². The van der Waals surface area contributed by atoms with Crippen LogP contribution in [0, 0.1) is 0 Å². The van der Waals surface area contributed by atoms with Crippen LogP contribution in [-0.2, 0) is 14.3 Å². The summed E-state index contributed by atoms with van der Waals surface area (Å²) in [7, 11) is 0. The first-order valence-electron chi connectivity index (χ1n) is 6.40. The summed E-state index contributed by atoms with van der Waals surface area (Å²) in [6, 6.07) is 6.50. The number of carbonyl (C=O) groups is 3. The third-order valence-electron chi connectivity index (χ3n) is 2.55. The summed E-state index contributed by atoms with van der Waals surface area (Å²) in [6.07, 6.45) is -0.912. The normalized spacial score (nSPS) is 11.5. The topological polar surface area (TPSA) is 105 Å². The van der Waals surface area contributed by atoms with E-state index in [0.717, 1.165) is 0 Å². The fourth-order valence-electron chi connectivity index (χ4n) is 1.52. The molecule has 1 atom stereocenters. The highest BCUT2D eigenvalue weighted by atomic mass is 16.5. The molecule has 2 amide bonds. The summed E-state index contributed by atoms with van der Waals surface area (Å²) in [4.78, 5) is 33.3.